The number of carbonyl (C=O) groups excluding carboxylic acids is 1. The Morgan fingerprint density at radius 3 is 2.68 bits per heavy atom. The molecule has 2 aromatic carbocycles. The van der Waals surface area contributed by atoms with Crippen LogP contribution in [0.2, 0.25) is 0 Å². The summed E-state index contributed by atoms with van der Waals surface area (Å²) in [5, 5.41) is 1.21. The Morgan fingerprint density at radius 2 is 1.95 bits per heavy atom. The second kappa shape index (κ2) is 4.86. The predicted octanol–water partition coefficient (Wildman–Crippen LogP) is 4.39. The number of thiophene rings is 1. The van der Waals surface area contributed by atoms with Crippen molar-refractivity contribution in [3.05, 3.63) is 54.1 Å². The number of rotatable bonds is 3. The minimum atomic E-state index is 0.660. The van der Waals surface area contributed by atoms with Crippen LogP contribution < -0.4 is 4.74 Å². The summed E-state index contributed by atoms with van der Waals surface area (Å²) < 4.78 is 6.62. The number of ether oxygens (including phenoxy) is 1. The van der Waals surface area contributed by atoms with Crippen LogP contribution in [0.3, 0.4) is 0 Å². The zero-order valence-electron chi connectivity index (χ0n) is 10.4. The summed E-state index contributed by atoms with van der Waals surface area (Å²) in [7, 11) is 1.65. The van der Waals surface area contributed by atoms with Crippen LogP contribution in [0.5, 0.6) is 5.75 Å². The van der Waals surface area contributed by atoms with Crippen molar-refractivity contribution < 1.29 is 9.53 Å². The molecule has 1 aromatic heterocycles. The highest BCUT2D eigenvalue weighted by Crippen LogP contribution is 2.38. The van der Waals surface area contributed by atoms with Crippen molar-refractivity contribution in [1.29, 1.82) is 0 Å². The monoisotopic (exact) mass is 268 g/mol. The van der Waals surface area contributed by atoms with Gasteiger partial charge < -0.3 is 4.74 Å². The van der Waals surface area contributed by atoms with Gasteiger partial charge >= 0.3 is 0 Å². The number of methoxy groups -OCH3 is 1. The number of benzene rings is 2. The first-order chi connectivity index (χ1) is 9.31. The predicted molar refractivity (Wildman–Crippen MR) is 79.2 cm³/mol. The van der Waals surface area contributed by atoms with E-state index in [1.807, 2.05) is 24.3 Å². The molecule has 0 N–H and O–H groups in total. The van der Waals surface area contributed by atoms with Crippen LogP contribution in [0.1, 0.15) is 10.4 Å². The fourth-order valence-electron chi connectivity index (χ4n) is 2.11. The third-order valence-corrected chi connectivity index (χ3v) is 4.20. The molecule has 0 atom stereocenters. The van der Waals surface area contributed by atoms with Gasteiger partial charge in [0.2, 0.25) is 0 Å². The molecule has 0 aliphatic carbocycles. The summed E-state index contributed by atoms with van der Waals surface area (Å²) in [4.78, 5) is 12.0. The number of aldehydes is 1. The highest BCUT2D eigenvalue weighted by molar-refractivity contribution is 7.22. The van der Waals surface area contributed by atoms with Gasteiger partial charge in [0.05, 0.1) is 7.11 Å². The number of hydrogen-bond acceptors (Lipinski definition) is 3. The van der Waals surface area contributed by atoms with Gasteiger partial charge in [-0.3, -0.25) is 4.79 Å². The second-order valence-electron chi connectivity index (χ2n) is 4.23. The van der Waals surface area contributed by atoms with E-state index in [-0.39, 0.29) is 0 Å². The lowest BCUT2D eigenvalue weighted by atomic mass is 10.1. The van der Waals surface area contributed by atoms with Crippen molar-refractivity contribution in [3.8, 4) is 16.2 Å². The summed E-state index contributed by atoms with van der Waals surface area (Å²) in [6.07, 6.45) is 0.857. The fourth-order valence-corrected chi connectivity index (χ4v) is 3.19. The Hall–Kier alpha value is -2.13. The van der Waals surface area contributed by atoms with E-state index in [2.05, 4.69) is 18.2 Å². The average Bonchev–Trinajstić information content (AvgIpc) is 2.90. The van der Waals surface area contributed by atoms with Crippen molar-refractivity contribution in [1.82, 2.24) is 0 Å². The lowest BCUT2D eigenvalue weighted by Crippen LogP contribution is -1.88. The lowest BCUT2D eigenvalue weighted by molar-refractivity contribution is 0.112. The Balaban J connectivity index is 2.21. The molecule has 0 aliphatic rings. The summed E-state index contributed by atoms with van der Waals surface area (Å²) in [5.74, 6) is 0.789. The van der Waals surface area contributed by atoms with E-state index in [4.69, 9.17) is 4.74 Å². The van der Waals surface area contributed by atoms with Crippen molar-refractivity contribution in [2.45, 2.75) is 0 Å². The molecular weight excluding hydrogens is 256 g/mol. The van der Waals surface area contributed by atoms with Gasteiger partial charge in [0.25, 0.3) is 0 Å². The first-order valence-electron chi connectivity index (χ1n) is 5.94. The van der Waals surface area contributed by atoms with E-state index in [9.17, 15) is 4.79 Å². The molecule has 3 aromatic rings. The topological polar surface area (TPSA) is 26.3 Å². The minimum absolute atomic E-state index is 0.660. The molecule has 0 aliphatic heterocycles. The van der Waals surface area contributed by atoms with Gasteiger partial charge in [-0.15, -0.1) is 11.3 Å². The molecule has 3 rings (SSSR count). The Kier molecular flexibility index (Phi) is 3.05. The smallest absolute Gasteiger partial charge is 0.150 e. The molecule has 0 unspecified atom stereocenters. The summed E-state index contributed by atoms with van der Waals surface area (Å²) in [6.45, 7) is 0. The van der Waals surface area contributed by atoms with Crippen LogP contribution in [0.4, 0.5) is 0 Å². The SMILES string of the molecule is COc1ccc(C=O)cc1-c1cc2ccccc2s1. The van der Waals surface area contributed by atoms with Gasteiger partial charge in [0, 0.05) is 20.7 Å². The van der Waals surface area contributed by atoms with Crippen molar-refractivity contribution in [3.63, 3.8) is 0 Å². The van der Waals surface area contributed by atoms with E-state index in [0.717, 1.165) is 22.5 Å². The van der Waals surface area contributed by atoms with E-state index >= 15 is 0 Å². The molecule has 0 spiro atoms. The normalized spacial score (nSPS) is 10.6. The van der Waals surface area contributed by atoms with Crippen LogP contribution >= 0.6 is 11.3 Å². The fraction of sp³-hybridized carbons (Fsp3) is 0.0625. The Labute approximate surface area is 115 Å². The Bertz CT molecular complexity index is 710. The maximum Gasteiger partial charge on any atom is 0.150 e. The first kappa shape index (κ1) is 11.9. The molecule has 0 fully saturated rings. The molecule has 0 bridgehead atoms. The quantitative estimate of drug-likeness (QED) is 0.658. The van der Waals surface area contributed by atoms with Crippen molar-refractivity contribution >= 4 is 27.7 Å². The van der Waals surface area contributed by atoms with Gasteiger partial charge in [-0.25, -0.2) is 0 Å². The van der Waals surface area contributed by atoms with Gasteiger partial charge in [-0.1, -0.05) is 18.2 Å². The second-order valence-corrected chi connectivity index (χ2v) is 5.31. The molecule has 1 heterocycles. The van der Waals surface area contributed by atoms with Gasteiger partial charge in [-0.2, -0.15) is 0 Å². The molecule has 2 nitrogen and oxygen atoms in total. The van der Waals surface area contributed by atoms with E-state index < -0.39 is 0 Å². The average molecular weight is 268 g/mol. The third kappa shape index (κ3) is 2.13. The molecule has 19 heavy (non-hydrogen) atoms. The third-order valence-electron chi connectivity index (χ3n) is 3.05. The van der Waals surface area contributed by atoms with Crippen LogP contribution in [-0.2, 0) is 0 Å². The van der Waals surface area contributed by atoms with Crippen LogP contribution in [0.15, 0.2) is 48.5 Å². The standard InChI is InChI=1S/C16H12O2S/c1-18-14-7-6-11(10-17)8-13(14)16-9-12-4-2-3-5-15(12)19-16/h2-10H,1H3. The van der Waals surface area contributed by atoms with Gasteiger partial charge in [0.15, 0.2) is 0 Å². The highest BCUT2D eigenvalue weighted by atomic mass is 32.1. The molecule has 0 radical (unpaired) electrons. The summed E-state index contributed by atoms with van der Waals surface area (Å²) >= 11 is 1.70. The minimum Gasteiger partial charge on any atom is -0.496 e. The van der Waals surface area contributed by atoms with Crippen molar-refractivity contribution in [2.75, 3.05) is 7.11 Å². The zero-order valence-corrected chi connectivity index (χ0v) is 11.2. The molecule has 0 saturated carbocycles. The Morgan fingerprint density at radius 1 is 1.11 bits per heavy atom. The van der Waals surface area contributed by atoms with Crippen LogP contribution in [0.25, 0.3) is 20.5 Å². The van der Waals surface area contributed by atoms with Gasteiger partial charge in [0.1, 0.15) is 12.0 Å². The highest BCUT2D eigenvalue weighted by Gasteiger charge is 2.10. The maximum atomic E-state index is 10.9. The number of hydrogen-bond donors (Lipinski definition) is 0. The summed E-state index contributed by atoms with van der Waals surface area (Å²) in [6, 6.07) is 15.8. The zero-order chi connectivity index (χ0) is 13.2. The first-order valence-corrected chi connectivity index (χ1v) is 6.75. The number of fused-ring (bicyclic) bond motifs is 1. The molecule has 0 saturated heterocycles. The number of carbonyl (C=O) groups is 1. The molecule has 3 heteroatoms. The molecule has 0 amide bonds. The lowest BCUT2D eigenvalue weighted by Gasteiger charge is -2.06. The molecule has 94 valence electrons. The molecular formula is C16H12O2S. The van der Waals surface area contributed by atoms with Crippen LogP contribution in [0, 0.1) is 0 Å². The van der Waals surface area contributed by atoms with Crippen molar-refractivity contribution in [2.24, 2.45) is 0 Å². The summed E-state index contributed by atoms with van der Waals surface area (Å²) in [5.41, 5.74) is 1.63. The van der Waals surface area contributed by atoms with Crippen LogP contribution in [-0.4, -0.2) is 13.4 Å². The van der Waals surface area contributed by atoms with E-state index in [0.29, 0.717) is 5.56 Å². The maximum absolute atomic E-state index is 10.9. The van der Waals surface area contributed by atoms with E-state index in [1.54, 1.807) is 24.5 Å². The largest absolute Gasteiger partial charge is 0.496 e. The van der Waals surface area contributed by atoms with Gasteiger partial charge in [-0.05, 0) is 35.7 Å². The van der Waals surface area contributed by atoms with E-state index in [1.165, 1.54) is 10.1 Å².